The summed E-state index contributed by atoms with van der Waals surface area (Å²) in [6.07, 6.45) is 0. The Morgan fingerprint density at radius 2 is 1.31 bits per heavy atom. The highest BCUT2D eigenvalue weighted by Crippen LogP contribution is 2.38. The summed E-state index contributed by atoms with van der Waals surface area (Å²) < 4.78 is 19.8. The molecular formula is C25H26O3S. The normalized spacial score (nSPS) is 15.3. The molecule has 0 aliphatic carbocycles. The summed E-state index contributed by atoms with van der Waals surface area (Å²) >= 11 is 0. The molecule has 0 heterocycles. The number of benzene rings is 3. The van der Waals surface area contributed by atoms with Crippen LogP contribution < -0.4 is 0 Å². The number of hydrogen-bond donors (Lipinski definition) is 0. The van der Waals surface area contributed by atoms with Crippen molar-refractivity contribution in [1.29, 1.82) is 0 Å². The van der Waals surface area contributed by atoms with Crippen molar-refractivity contribution in [3.63, 3.8) is 0 Å². The van der Waals surface area contributed by atoms with Gasteiger partial charge in [-0.1, -0.05) is 80.6 Å². The van der Waals surface area contributed by atoms with Crippen LogP contribution in [0.2, 0.25) is 0 Å². The van der Waals surface area contributed by atoms with Crippen LogP contribution in [0.4, 0.5) is 0 Å². The molecular weight excluding hydrogens is 380 g/mol. The molecule has 0 amide bonds. The third kappa shape index (κ3) is 4.65. The molecule has 0 spiro atoms. The third-order valence-electron chi connectivity index (χ3n) is 5.02. The van der Waals surface area contributed by atoms with E-state index in [-0.39, 0.29) is 5.92 Å². The van der Waals surface area contributed by atoms with E-state index in [4.69, 9.17) is 4.74 Å². The minimum absolute atomic E-state index is 0.00446. The van der Waals surface area contributed by atoms with E-state index < -0.39 is 27.6 Å². The predicted molar refractivity (Wildman–Crippen MR) is 117 cm³/mol. The molecule has 0 saturated carbocycles. The fourth-order valence-electron chi connectivity index (χ4n) is 3.66. The highest BCUT2D eigenvalue weighted by atomic mass is 32.2. The Bertz CT molecular complexity index is 955. The molecule has 0 aliphatic rings. The predicted octanol–water partition coefficient (Wildman–Crippen LogP) is 5.59. The van der Waals surface area contributed by atoms with Crippen molar-refractivity contribution >= 4 is 16.8 Å². The van der Waals surface area contributed by atoms with Crippen molar-refractivity contribution < 1.29 is 13.7 Å². The van der Waals surface area contributed by atoms with Gasteiger partial charge in [0.2, 0.25) is 0 Å². The van der Waals surface area contributed by atoms with Crippen LogP contribution in [0.25, 0.3) is 0 Å². The Morgan fingerprint density at radius 1 is 0.828 bits per heavy atom. The zero-order valence-corrected chi connectivity index (χ0v) is 17.8. The largest absolute Gasteiger partial charge is 0.450 e. The Kier molecular flexibility index (Phi) is 6.65. The van der Waals surface area contributed by atoms with Crippen molar-refractivity contribution in [2.75, 3.05) is 0 Å². The van der Waals surface area contributed by atoms with Gasteiger partial charge < -0.3 is 4.74 Å². The molecule has 29 heavy (non-hydrogen) atoms. The summed E-state index contributed by atoms with van der Waals surface area (Å²) in [7, 11) is -1.37. The summed E-state index contributed by atoms with van der Waals surface area (Å²) in [6.45, 7) is 5.90. The van der Waals surface area contributed by atoms with Gasteiger partial charge in [-0.05, 0) is 42.7 Å². The van der Waals surface area contributed by atoms with Gasteiger partial charge >= 0.3 is 5.97 Å². The quantitative estimate of drug-likeness (QED) is 0.480. The first-order valence-corrected chi connectivity index (χ1v) is 10.9. The minimum Gasteiger partial charge on any atom is -0.450 e. The van der Waals surface area contributed by atoms with Crippen LogP contribution in [-0.4, -0.2) is 15.4 Å². The molecule has 3 aromatic carbocycles. The Labute approximate surface area is 175 Å². The van der Waals surface area contributed by atoms with Gasteiger partial charge in [0.05, 0.1) is 21.6 Å². The van der Waals surface area contributed by atoms with E-state index in [0.29, 0.717) is 5.56 Å². The van der Waals surface area contributed by atoms with Crippen LogP contribution >= 0.6 is 0 Å². The van der Waals surface area contributed by atoms with Crippen LogP contribution in [-0.2, 0) is 21.1 Å². The summed E-state index contributed by atoms with van der Waals surface area (Å²) in [5.74, 6) is -0.419. The van der Waals surface area contributed by atoms with Crippen molar-refractivity contribution in [1.82, 2.24) is 0 Å². The van der Waals surface area contributed by atoms with E-state index in [1.807, 2.05) is 87.5 Å². The van der Waals surface area contributed by atoms with Crippen LogP contribution in [0.3, 0.4) is 0 Å². The van der Waals surface area contributed by atoms with Gasteiger partial charge in [0.15, 0.2) is 0 Å². The number of rotatable bonds is 7. The summed E-state index contributed by atoms with van der Waals surface area (Å²) in [5.41, 5.74) is 0.234. The average molecular weight is 407 g/mol. The smallest absolute Gasteiger partial charge is 0.339 e. The molecule has 3 unspecified atom stereocenters. The van der Waals surface area contributed by atoms with Gasteiger partial charge in [0.25, 0.3) is 0 Å². The van der Waals surface area contributed by atoms with Crippen molar-refractivity contribution in [3.05, 3.63) is 102 Å². The Balaban J connectivity index is 2.08. The lowest BCUT2D eigenvalue weighted by Crippen LogP contribution is -2.46. The zero-order valence-electron chi connectivity index (χ0n) is 16.9. The van der Waals surface area contributed by atoms with Crippen molar-refractivity contribution in [2.24, 2.45) is 5.92 Å². The van der Waals surface area contributed by atoms with Gasteiger partial charge in [-0.15, -0.1) is 0 Å². The SMILES string of the molecule is CC(C)C(S(=O)c1ccccc1)C(C)(OC(=O)c1ccccc1)c1ccccc1. The van der Waals surface area contributed by atoms with E-state index >= 15 is 0 Å². The van der Waals surface area contributed by atoms with Gasteiger partial charge in [-0.2, -0.15) is 0 Å². The first kappa shape index (κ1) is 21.0. The first-order valence-electron chi connectivity index (χ1n) is 9.73. The van der Waals surface area contributed by atoms with E-state index in [1.54, 1.807) is 24.3 Å². The summed E-state index contributed by atoms with van der Waals surface area (Å²) in [5, 5.41) is -0.431. The lowest BCUT2D eigenvalue weighted by atomic mass is 9.86. The van der Waals surface area contributed by atoms with Crippen molar-refractivity contribution in [2.45, 2.75) is 36.5 Å². The van der Waals surface area contributed by atoms with Gasteiger partial charge in [0, 0.05) is 4.90 Å². The Morgan fingerprint density at radius 3 is 1.83 bits per heavy atom. The molecule has 0 radical (unpaired) electrons. The molecule has 0 fully saturated rings. The number of esters is 1. The molecule has 0 bridgehead atoms. The van der Waals surface area contributed by atoms with Crippen LogP contribution in [0.15, 0.2) is 95.9 Å². The fourth-order valence-corrected chi connectivity index (χ4v) is 5.47. The standard InChI is InChI=1S/C25H26O3S/c1-19(2)23(29(27)22-17-11-6-12-18-22)25(3,21-15-9-5-10-16-21)28-24(26)20-13-7-4-8-14-20/h4-19,23H,1-3H3. The van der Waals surface area contributed by atoms with E-state index in [2.05, 4.69) is 0 Å². The maximum Gasteiger partial charge on any atom is 0.339 e. The summed E-state index contributed by atoms with van der Waals surface area (Å²) in [4.78, 5) is 13.7. The first-order chi connectivity index (χ1) is 13.9. The minimum atomic E-state index is -1.37. The molecule has 0 aliphatic heterocycles. The average Bonchev–Trinajstić information content (AvgIpc) is 2.75. The second-order valence-corrected chi connectivity index (χ2v) is 9.08. The molecule has 4 heteroatoms. The molecule has 3 rings (SSSR count). The monoisotopic (exact) mass is 406 g/mol. The topological polar surface area (TPSA) is 43.4 Å². The van der Waals surface area contributed by atoms with Gasteiger partial charge in [-0.3, -0.25) is 4.21 Å². The number of carbonyl (C=O) groups excluding carboxylic acids is 1. The highest BCUT2D eigenvalue weighted by Gasteiger charge is 2.45. The number of hydrogen-bond acceptors (Lipinski definition) is 3. The lowest BCUT2D eigenvalue weighted by molar-refractivity contribution is -0.0190. The highest BCUT2D eigenvalue weighted by molar-refractivity contribution is 7.85. The van der Waals surface area contributed by atoms with E-state index in [0.717, 1.165) is 10.5 Å². The number of carbonyl (C=O) groups is 1. The third-order valence-corrected chi connectivity index (χ3v) is 7.21. The molecule has 0 aromatic heterocycles. The second kappa shape index (κ2) is 9.19. The van der Waals surface area contributed by atoms with E-state index in [9.17, 15) is 9.00 Å². The molecule has 3 aromatic rings. The molecule has 3 nitrogen and oxygen atoms in total. The fraction of sp³-hybridized carbons (Fsp3) is 0.240. The van der Waals surface area contributed by atoms with Gasteiger partial charge in [0.1, 0.15) is 5.60 Å². The molecule has 150 valence electrons. The second-order valence-electron chi connectivity index (χ2n) is 7.50. The lowest BCUT2D eigenvalue weighted by Gasteiger charge is -2.39. The van der Waals surface area contributed by atoms with E-state index in [1.165, 1.54) is 0 Å². The van der Waals surface area contributed by atoms with Crippen LogP contribution in [0.5, 0.6) is 0 Å². The van der Waals surface area contributed by atoms with Crippen molar-refractivity contribution in [3.8, 4) is 0 Å². The van der Waals surface area contributed by atoms with Crippen LogP contribution in [0, 0.1) is 5.92 Å². The Hall–Kier alpha value is -2.72. The van der Waals surface area contributed by atoms with Gasteiger partial charge in [-0.25, -0.2) is 4.79 Å². The number of ether oxygens (including phenoxy) is 1. The maximum absolute atomic E-state index is 13.6. The maximum atomic E-state index is 13.6. The van der Waals surface area contributed by atoms with Crippen LogP contribution in [0.1, 0.15) is 36.7 Å². The molecule has 3 atom stereocenters. The summed E-state index contributed by atoms with van der Waals surface area (Å²) in [6, 6.07) is 27.9. The molecule has 0 N–H and O–H groups in total. The molecule has 0 saturated heterocycles. The zero-order chi connectivity index (χ0) is 20.9.